The van der Waals surface area contributed by atoms with Crippen molar-refractivity contribution < 1.29 is 13.3 Å². The third-order valence-corrected chi connectivity index (χ3v) is 5.12. The Kier molecular flexibility index (Phi) is 5.12. The van der Waals surface area contributed by atoms with Crippen LogP contribution in [0.25, 0.3) is 5.69 Å². The predicted molar refractivity (Wildman–Crippen MR) is 84.2 cm³/mol. The van der Waals surface area contributed by atoms with E-state index in [-0.39, 0.29) is 17.5 Å². The minimum atomic E-state index is -1.15. The number of hydrogen-bond acceptors (Lipinski definition) is 5. The van der Waals surface area contributed by atoms with E-state index in [1.54, 1.807) is 12.1 Å². The van der Waals surface area contributed by atoms with Crippen LogP contribution in [0.3, 0.4) is 0 Å². The van der Waals surface area contributed by atoms with Crippen LogP contribution in [0.5, 0.6) is 0 Å². The first-order chi connectivity index (χ1) is 11.1. The minimum Gasteiger partial charge on any atom is -0.377 e. The van der Waals surface area contributed by atoms with Gasteiger partial charge < -0.3 is 4.74 Å². The normalized spacial score (nSPS) is 19.7. The molecule has 1 saturated heterocycles. The van der Waals surface area contributed by atoms with Crippen LogP contribution in [-0.4, -0.2) is 42.9 Å². The first-order valence-corrected chi connectivity index (χ1v) is 9.12. The summed E-state index contributed by atoms with van der Waals surface area (Å²) in [5.41, 5.74) is 1.18. The maximum atomic E-state index is 14.0. The molecule has 0 radical (unpaired) electrons. The van der Waals surface area contributed by atoms with E-state index in [0.29, 0.717) is 11.6 Å². The average molecular weight is 338 g/mol. The van der Waals surface area contributed by atoms with Crippen molar-refractivity contribution >= 4 is 10.8 Å². The molecule has 1 aliphatic rings. The zero-order chi connectivity index (χ0) is 16.2. The largest absolute Gasteiger partial charge is 0.377 e. The lowest BCUT2D eigenvalue weighted by molar-refractivity contribution is 0.0310. The van der Waals surface area contributed by atoms with Crippen molar-refractivity contribution in [3.63, 3.8) is 0 Å². The fraction of sp³-hybridized carbons (Fsp3) is 0.533. The van der Waals surface area contributed by atoms with Crippen molar-refractivity contribution in [2.45, 2.75) is 38.0 Å². The van der Waals surface area contributed by atoms with Gasteiger partial charge in [0.2, 0.25) is 0 Å². The molecule has 0 spiro atoms. The standard InChI is InChI=1S/C15H19FN4O2S/c1-11-5-6-13(16)14(8-11)20-15(17-18-19-20)10-23(21)9-12-4-2-3-7-22-12/h5-6,8,12H,2-4,7,9-10H2,1H3/t12-,23+/m0/s1. The number of benzene rings is 1. The van der Waals surface area contributed by atoms with Crippen LogP contribution in [0.1, 0.15) is 30.7 Å². The van der Waals surface area contributed by atoms with Crippen LogP contribution in [0, 0.1) is 12.7 Å². The van der Waals surface area contributed by atoms with Crippen LogP contribution in [0.15, 0.2) is 18.2 Å². The van der Waals surface area contributed by atoms with Gasteiger partial charge in [0.15, 0.2) is 5.82 Å². The molecule has 6 nitrogen and oxygen atoms in total. The Morgan fingerprint density at radius 3 is 3.09 bits per heavy atom. The molecule has 124 valence electrons. The lowest BCUT2D eigenvalue weighted by Gasteiger charge is -2.21. The minimum absolute atomic E-state index is 0.0321. The van der Waals surface area contributed by atoms with Crippen molar-refractivity contribution in [3.05, 3.63) is 35.4 Å². The summed E-state index contributed by atoms with van der Waals surface area (Å²) in [6.45, 7) is 2.60. The van der Waals surface area contributed by atoms with E-state index in [9.17, 15) is 8.60 Å². The van der Waals surface area contributed by atoms with Gasteiger partial charge in [-0.25, -0.2) is 4.39 Å². The van der Waals surface area contributed by atoms with E-state index >= 15 is 0 Å². The molecule has 23 heavy (non-hydrogen) atoms. The van der Waals surface area contributed by atoms with Crippen molar-refractivity contribution in [1.82, 2.24) is 20.2 Å². The summed E-state index contributed by atoms with van der Waals surface area (Å²) < 4.78 is 33.3. The summed E-state index contributed by atoms with van der Waals surface area (Å²) in [4.78, 5) is 0. The molecule has 1 aromatic heterocycles. The Hall–Kier alpha value is -1.67. The summed E-state index contributed by atoms with van der Waals surface area (Å²) in [6.07, 6.45) is 3.13. The summed E-state index contributed by atoms with van der Waals surface area (Å²) in [7, 11) is -1.15. The van der Waals surface area contributed by atoms with Gasteiger partial charge in [0.1, 0.15) is 11.5 Å². The molecule has 8 heteroatoms. The second-order valence-electron chi connectivity index (χ2n) is 5.70. The van der Waals surface area contributed by atoms with Crippen molar-refractivity contribution in [3.8, 4) is 5.69 Å². The quantitative estimate of drug-likeness (QED) is 0.833. The van der Waals surface area contributed by atoms with Crippen molar-refractivity contribution in [2.75, 3.05) is 12.4 Å². The van der Waals surface area contributed by atoms with Gasteiger partial charge >= 0.3 is 0 Å². The molecule has 0 aliphatic carbocycles. The molecule has 0 amide bonds. The maximum Gasteiger partial charge on any atom is 0.169 e. The Labute approximate surface area is 136 Å². The van der Waals surface area contributed by atoms with Gasteiger partial charge in [0.05, 0.1) is 17.6 Å². The lowest BCUT2D eigenvalue weighted by atomic mass is 10.1. The fourth-order valence-corrected chi connectivity index (χ4v) is 3.88. The molecule has 2 aromatic rings. The SMILES string of the molecule is Cc1ccc(F)c(-n2nnnc2C[S@](=O)C[C@@H]2CCCCO2)c1. The smallest absolute Gasteiger partial charge is 0.169 e. The van der Waals surface area contributed by atoms with Crippen LogP contribution in [-0.2, 0) is 21.3 Å². The molecule has 1 aromatic carbocycles. The summed E-state index contributed by atoms with van der Waals surface area (Å²) in [5, 5.41) is 11.3. The predicted octanol–water partition coefficient (Wildman–Crippen LogP) is 1.93. The number of aryl methyl sites for hydroxylation is 1. The van der Waals surface area contributed by atoms with Crippen LogP contribution < -0.4 is 0 Å². The summed E-state index contributed by atoms with van der Waals surface area (Å²) in [5.74, 6) is 0.623. The highest BCUT2D eigenvalue weighted by atomic mass is 32.2. The fourth-order valence-electron chi connectivity index (χ4n) is 2.62. The number of hydrogen-bond donors (Lipinski definition) is 0. The van der Waals surface area contributed by atoms with Crippen LogP contribution >= 0.6 is 0 Å². The molecular formula is C15H19FN4O2S. The second-order valence-corrected chi connectivity index (χ2v) is 7.20. The van der Waals surface area contributed by atoms with Gasteiger partial charge in [0, 0.05) is 17.4 Å². The molecule has 2 heterocycles. The molecule has 0 saturated carbocycles. The summed E-state index contributed by atoms with van der Waals surface area (Å²) >= 11 is 0. The zero-order valence-corrected chi connectivity index (χ0v) is 13.8. The molecular weight excluding hydrogens is 319 g/mol. The van der Waals surface area contributed by atoms with E-state index in [1.807, 2.05) is 6.92 Å². The van der Waals surface area contributed by atoms with E-state index in [0.717, 1.165) is 31.4 Å². The highest BCUT2D eigenvalue weighted by Gasteiger charge is 2.20. The third kappa shape index (κ3) is 4.00. The number of nitrogens with zero attached hydrogens (tertiary/aromatic N) is 4. The first-order valence-electron chi connectivity index (χ1n) is 7.64. The third-order valence-electron chi connectivity index (χ3n) is 3.80. The lowest BCUT2D eigenvalue weighted by Crippen LogP contribution is -2.26. The Morgan fingerprint density at radius 1 is 1.43 bits per heavy atom. The first kappa shape index (κ1) is 16.2. The van der Waals surface area contributed by atoms with Gasteiger partial charge in [-0.1, -0.05) is 6.07 Å². The monoisotopic (exact) mass is 338 g/mol. The number of ether oxygens (including phenoxy) is 1. The van der Waals surface area contributed by atoms with Gasteiger partial charge in [-0.05, 0) is 54.3 Å². The number of halogens is 1. The maximum absolute atomic E-state index is 14.0. The molecule has 0 bridgehead atoms. The number of aromatic nitrogens is 4. The number of rotatable bonds is 5. The average Bonchev–Trinajstić information content (AvgIpc) is 2.98. The highest BCUT2D eigenvalue weighted by Crippen LogP contribution is 2.17. The Balaban J connectivity index is 1.73. The molecule has 0 N–H and O–H groups in total. The Morgan fingerprint density at radius 2 is 2.30 bits per heavy atom. The van der Waals surface area contributed by atoms with Crippen molar-refractivity contribution in [2.24, 2.45) is 0 Å². The molecule has 1 fully saturated rings. The van der Waals surface area contributed by atoms with E-state index in [4.69, 9.17) is 4.74 Å². The molecule has 1 aliphatic heterocycles. The molecule has 3 rings (SSSR count). The Bertz CT molecular complexity index is 701. The van der Waals surface area contributed by atoms with E-state index < -0.39 is 16.6 Å². The van der Waals surface area contributed by atoms with Gasteiger partial charge in [0.25, 0.3) is 0 Å². The second kappa shape index (κ2) is 7.27. The van der Waals surface area contributed by atoms with Gasteiger partial charge in [-0.15, -0.1) is 5.10 Å². The van der Waals surface area contributed by atoms with E-state index in [2.05, 4.69) is 15.5 Å². The topological polar surface area (TPSA) is 69.9 Å². The number of tetrazole rings is 1. The van der Waals surface area contributed by atoms with Crippen molar-refractivity contribution in [1.29, 1.82) is 0 Å². The molecule has 0 unspecified atom stereocenters. The summed E-state index contributed by atoms with van der Waals surface area (Å²) in [6, 6.07) is 4.73. The van der Waals surface area contributed by atoms with Gasteiger partial charge in [-0.3, -0.25) is 4.21 Å². The van der Waals surface area contributed by atoms with E-state index in [1.165, 1.54) is 10.7 Å². The van der Waals surface area contributed by atoms with Crippen LogP contribution in [0.4, 0.5) is 4.39 Å². The van der Waals surface area contributed by atoms with Crippen LogP contribution in [0.2, 0.25) is 0 Å². The van der Waals surface area contributed by atoms with Gasteiger partial charge in [-0.2, -0.15) is 4.68 Å². The molecule has 2 atom stereocenters. The highest BCUT2D eigenvalue weighted by molar-refractivity contribution is 7.84. The zero-order valence-electron chi connectivity index (χ0n) is 12.9.